The van der Waals surface area contributed by atoms with Crippen LogP contribution in [-0.2, 0) is 11.3 Å². The van der Waals surface area contributed by atoms with Gasteiger partial charge in [0, 0.05) is 38.5 Å². The van der Waals surface area contributed by atoms with Gasteiger partial charge in [-0.25, -0.2) is 0 Å². The summed E-state index contributed by atoms with van der Waals surface area (Å²) in [5, 5.41) is 1.14. The van der Waals surface area contributed by atoms with E-state index in [0.717, 1.165) is 55.9 Å². The molecule has 0 saturated carbocycles. The molecule has 2 aromatic carbocycles. The Hall–Kier alpha value is -2.30. The Morgan fingerprint density at radius 3 is 2.46 bits per heavy atom. The third-order valence-corrected chi connectivity index (χ3v) is 5.37. The predicted molar refractivity (Wildman–Crippen MR) is 116 cm³/mol. The van der Waals surface area contributed by atoms with Gasteiger partial charge in [-0.15, -0.1) is 12.4 Å². The molecule has 1 aliphatic heterocycles. The molecule has 4 nitrogen and oxygen atoms in total. The lowest BCUT2D eigenvalue weighted by molar-refractivity contribution is -0.128. The van der Waals surface area contributed by atoms with Crippen LogP contribution >= 0.6 is 12.4 Å². The first kappa shape index (κ1) is 20.4. The summed E-state index contributed by atoms with van der Waals surface area (Å²) in [7, 11) is 0. The van der Waals surface area contributed by atoms with Crippen LogP contribution < -0.4 is 0 Å². The second-order valence-corrected chi connectivity index (χ2v) is 7.47. The highest BCUT2D eigenvalue weighted by atomic mass is 35.5. The summed E-state index contributed by atoms with van der Waals surface area (Å²) >= 11 is 0. The van der Waals surface area contributed by atoms with Crippen molar-refractivity contribution in [3.63, 3.8) is 0 Å². The Balaban J connectivity index is 0.00000225. The van der Waals surface area contributed by atoms with Gasteiger partial charge in [-0.05, 0) is 42.7 Å². The maximum atomic E-state index is 11.6. The van der Waals surface area contributed by atoms with E-state index in [0.29, 0.717) is 0 Å². The van der Waals surface area contributed by atoms with E-state index in [2.05, 4.69) is 60.4 Å². The van der Waals surface area contributed by atoms with E-state index in [9.17, 15) is 4.79 Å². The number of furan rings is 1. The lowest BCUT2D eigenvalue weighted by Gasteiger charge is -2.20. The maximum absolute atomic E-state index is 11.6. The summed E-state index contributed by atoms with van der Waals surface area (Å²) in [5.74, 6) is 1.16. The molecule has 5 heteroatoms. The van der Waals surface area contributed by atoms with Gasteiger partial charge < -0.3 is 9.32 Å². The molecular weight excluding hydrogens is 372 g/mol. The van der Waals surface area contributed by atoms with E-state index in [1.54, 1.807) is 6.92 Å². The van der Waals surface area contributed by atoms with Gasteiger partial charge in [-0.2, -0.15) is 0 Å². The quantitative estimate of drug-likeness (QED) is 0.630. The smallest absolute Gasteiger partial charge is 0.219 e. The van der Waals surface area contributed by atoms with Gasteiger partial charge in [-0.1, -0.05) is 35.9 Å². The van der Waals surface area contributed by atoms with Crippen LogP contribution in [-0.4, -0.2) is 41.9 Å². The standard InChI is InChI=1S/C23H26N2O2.ClH/c1-17-4-6-19(7-5-17)20-8-9-23-21(14-20)15-22(27-23)16-24-10-3-11-25(13-12-24)18(2)26;/h4-9,14-15H,3,10-13,16H2,1-2H3;1H. The second kappa shape index (κ2) is 8.80. The van der Waals surface area contributed by atoms with Crippen molar-refractivity contribution in [3.8, 4) is 11.1 Å². The first-order chi connectivity index (χ1) is 13.1. The molecule has 0 spiro atoms. The molecule has 1 saturated heterocycles. The zero-order valence-electron chi connectivity index (χ0n) is 16.5. The van der Waals surface area contributed by atoms with Crippen LogP contribution in [0, 0.1) is 6.92 Å². The number of fused-ring (bicyclic) bond motifs is 1. The molecule has 0 aliphatic carbocycles. The fourth-order valence-corrected chi connectivity index (χ4v) is 3.77. The van der Waals surface area contributed by atoms with Crippen molar-refractivity contribution in [2.75, 3.05) is 26.2 Å². The Morgan fingerprint density at radius 1 is 0.964 bits per heavy atom. The minimum atomic E-state index is 0. The van der Waals surface area contributed by atoms with Crippen molar-refractivity contribution in [3.05, 3.63) is 59.9 Å². The van der Waals surface area contributed by atoms with Crippen molar-refractivity contribution >= 4 is 29.3 Å². The number of rotatable bonds is 3. The van der Waals surface area contributed by atoms with Crippen LogP contribution in [0.1, 0.15) is 24.7 Å². The average molecular weight is 399 g/mol. The molecule has 1 aliphatic rings. The Labute approximate surface area is 172 Å². The summed E-state index contributed by atoms with van der Waals surface area (Å²) in [6, 6.07) is 17.2. The molecule has 2 heterocycles. The van der Waals surface area contributed by atoms with Gasteiger partial charge in [0.25, 0.3) is 0 Å². The van der Waals surface area contributed by atoms with E-state index in [4.69, 9.17) is 4.42 Å². The average Bonchev–Trinajstić information content (AvgIpc) is 2.90. The third kappa shape index (κ3) is 4.57. The monoisotopic (exact) mass is 398 g/mol. The number of nitrogens with zero attached hydrogens (tertiary/aromatic N) is 2. The topological polar surface area (TPSA) is 36.7 Å². The van der Waals surface area contributed by atoms with Crippen molar-refractivity contribution in [2.24, 2.45) is 0 Å². The molecule has 1 amide bonds. The molecule has 0 unspecified atom stereocenters. The molecule has 1 aromatic heterocycles. The highest BCUT2D eigenvalue weighted by molar-refractivity contribution is 5.85. The summed E-state index contributed by atoms with van der Waals surface area (Å²) in [5.41, 5.74) is 4.64. The fourth-order valence-electron chi connectivity index (χ4n) is 3.77. The van der Waals surface area contributed by atoms with Crippen molar-refractivity contribution in [2.45, 2.75) is 26.8 Å². The predicted octanol–water partition coefficient (Wildman–Crippen LogP) is 4.88. The summed E-state index contributed by atoms with van der Waals surface area (Å²) < 4.78 is 6.07. The van der Waals surface area contributed by atoms with Gasteiger partial charge in [-0.3, -0.25) is 9.69 Å². The normalized spacial score (nSPS) is 15.3. The minimum Gasteiger partial charge on any atom is -0.460 e. The largest absolute Gasteiger partial charge is 0.460 e. The molecule has 0 N–H and O–H groups in total. The van der Waals surface area contributed by atoms with Crippen LogP contribution in [0.5, 0.6) is 0 Å². The summed E-state index contributed by atoms with van der Waals surface area (Å²) in [4.78, 5) is 15.9. The Kier molecular flexibility index (Phi) is 6.42. The van der Waals surface area contributed by atoms with Crippen LogP contribution in [0.4, 0.5) is 0 Å². The second-order valence-electron chi connectivity index (χ2n) is 7.47. The van der Waals surface area contributed by atoms with Crippen LogP contribution in [0.3, 0.4) is 0 Å². The maximum Gasteiger partial charge on any atom is 0.219 e. The first-order valence-corrected chi connectivity index (χ1v) is 9.66. The highest BCUT2D eigenvalue weighted by Crippen LogP contribution is 2.27. The molecular formula is C23H27ClN2O2. The molecule has 3 aromatic rings. The summed E-state index contributed by atoms with van der Waals surface area (Å²) in [6.07, 6.45) is 1.01. The SMILES string of the molecule is CC(=O)N1CCCN(Cc2cc3cc(-c4ccc(C)cc4)ccc3o2)CC1.Cl. The van der Waals surface area contributed by atoms with Crippen LogP contribution in [0.25, 0.3) is 22.1 Å². The minimum absolute atomic E-state index is 0. The molecule has 28 heavy (non-hydrogen) atoms. The number of benzene rings is 2. The van der Waals surface area contributed by atoms with Gasteiger partial charge in [0.05, 0.1) is 6.54 Å². The van der Waals surface area contributed by atoms with Crippen molar-refractivity contribution in [1.82, 2.24) is 9.80 Å². The molecule has 0 bridgehead atoms. The molecule has 0 radical (unpaired) electrons. The molecule has 1 fully saturated rings. The molecule has 0 atom stereocenters. The van der Waals surface area contributed by atoms with Crippen LogP contribution in [0.15, 0.2) is 52.9 Å². The number of halogens is 1. The van der Waals surface area contributed by atoms with E-state index < -0.39 is 0 Å². The van der Waals surface area contributed by atoms with Crippen molar-refractivity contribution in [1.29, 1.82) is 0 Å². The number of hydrogen-bond acceptors (Lipinski definition) is 3. The first-order valence-electron chi connectivity index (χ1n) is 9.66. The highest BCUT2D eigenvalue weighted by Gasteiger charge is 2.18. The zero-order chi connectivity index (χ0) is 18.8. The number of carbonyl (C=O) groups excluding carboxylic acids is 1. The number of hydrogen-bond donors (Lipinski definition) is 0. The van der Waals surface area contributed by atoms with E-state index in [1.807, 2.05) is 4.90 Å². The van der Waals surface area contributed by atoms with Gasteiger partial charge >= 0.3 is 0 Å². The Bertz CT molecular complexity index is 949. The Morgan fingerprint density at radius 2 is 1.71 bits per heavy atom. The lowest BCUT2D eigenvalue weighted by atomic mass is 10.0. The van der Waals surface area contributed by atoms with E-state index in [-0.39, 0.29) is 18.3 Å². The summed E-state index contributed by atoms with van der Waals surface area (Å²) in [6.45, 7) is 8.09. The van der Waals surface area contributed by atoms with Gasteiger partial charge in [0.1, 0.15) is 11.3 Å². The number of amides is 1. The molecule has 148 valence electrons. The number of aryl methyl sites for hydroxylation is 1. The lowest BCUT2D eigenvalue weighted by Crippen LogP contribution is -2.33. The van der Waals surface area contributed by atoms with Crippen LogP contribution in [0.2, 0.25) is 0 Å². The third-order valence-electron chi connectivity index (χ3n) is 5.37. The molecule has 4 rings (SSSR count). The van der Waals surface area contributed by atoms with Crippen molar-refractivity contribution < 1.29 is 9.21 Å². The zero-order valence-corrected chi connectivity index (χ0v) is 17.3. The van der Waals surface area contributed by atoms with E-state index >= 15 is 0 Å². The van der Waals surface area contributed by atoms with Gasteiger partial charge in [0.15, 0.2) is 0 Å². The van der Waals surface area contributed by atoms with E-state index in [1.165, 1.54) is 16.7 Å². The van der Waals surface area contributed by atoms with Gasteiger partial charge in [0.2, 0.25) is 5.91 Å². The number of carbonyl (C=O) groups is 1. The fraction of sp³-hybridized carbons (Fsp3) is 0.348.